The third-order valence-corrected chi connectivity index (χ3v) is 6.07. The lowest BCUT2D eigenvalue weighted by atomic mass is 9.92. The van der Waals surface area contributed by atoms with Crippen molar-refractivity contribution < 1.29 is 9.59 Å². The van der Waals surface area contributed by atoms with Crippen LogP contribution in [-0.2, 0) is 11.2 Å². The van der Waals surface area contributed by atoms with E-state index in [4.69, 9.17) is 11.6 Å². The van der Waals surface area contributed by atoms with Gasteiger partial charge in [0.25, 0.3) is 5.91 Å². The lowest BCUT2D eigenvalue weighted by Crippen LogP contribution is -2.42. The Balaban J connectivity index is 1.27. The Morgan fingerprint density at radius 2 is 1.78 bits per heavy atom. The molecule has 2 aromatic rings. The van der Waals surface area contributed by atoms with Gasteiger partial charge in [-0.05, 0) is 54.5 Å². The van der Waals surface area contributed by atoms with Gasteiger partial charge in [-0.2, -0.15) is 0 Å². The topological polar surface area (TPSA) is 62.3 Å². The summed E-state index contributed by atoms with van der Waals surface area (Å²) >= 11 is 5.90. The molecule has 6 heteroatoms. The van der Waals surface area contributed by atoms with Gasteiger partial charge < -0.3 is 10.2 Å². The van der Waals surface area contributed by atoms with E-state index >= 15 is 0 Å². The van der Waals surface area contributed by atoms with Crippen LogP contribution >= 0.6 is 11.6 Å². The Kier molecular flexibility index (Phi) is 4.87. The van der Waals surface area contributed by atoms with Gasteiger partial charge in [0.2, 0.25) is 5.91 Å². The first kappa shape index (κ1) is 18.0. The maximum atomic E-state index is 12.5. The Hall–Kier alpha value is -2.40. The fourth-order valence-corrected chi connectivity index (χ4v) is 4.07. The predicted octanol–water partition coefficient (Wildman–Crippen LogP) is 3.09. The molecule has 4 rings (SSSR count). The molecule has 1 saturated heterocycles. The van der Waals surface area contributed by atoms with Gasteiger partial charge in [-0.15, -0.1) is 0 Å². The summed E-state index contributed by atoms with van der Waals surface area (Å²) in [5.41, 5.74) is 1.79. The van der Waals surface area contributed by atoms with E-state index < -0.39 is 0 Å². The van der Waals surface area contributed by atoms with Gasteiger partial charge in [-0.1, -0.05) is 23.7 Å². The van der Waals surface area contributed by atoms with Gasteiger partial charge in [-0.25, -0.2) is 0 Å². The monoisotopic (exact) mass is 383 g/mol. The molecule has 2 amide bonds. The highest BCUT2D eigenvalue weighted by molar-refractivity contribution is 6.30. The van der Waals surface area contributed by atoms with Crippen LogP contribution in [0.5, 0.6) is 0 Å². The van der Waals surface area contributed by atoms with E-state index in [1.807, 2.05) is 29.2 Å². The lowest BCUT2D eigenvalue weighted by Gasteiger charge is -2.33. The molecular weight excluding hydrogens is 362 g/mol. The van der Waals surface area contributed by atoms with Crippen LogP contribution in [0.15, 0.2) is 48.8 Å². The molecule has 1 aliphatic carbocycles. The summed E-state index contributed by atoms with van der Waals surface area (Å²) in [5, 5.41) is 3.82. The van der Waals surface area contributed by atoms with E-state index in [1.54, 1.807) is 24.5 Å². The Labute approximate surface area is 163 Å². The van der Waals surface area contributed by atoms with Gasteiger partial charge in [0.1, 0.15) is 0 Å². The Morgan fingerprint density at radius 1 is 1.11 bits per heavy atom. The first-order valence-electron chi connectivity index (χ1n) is 9.29. The number of piperidine rings is 1. The van der Waals surface area contributed by atoms with Crippen LogP contribution in [-0.4, -0.2) is 40.8 Å². The molecule has 0 radical (unpaired) electrons. The van der Waals surface area contributed by atoms with Gasteiger partial charge in [0.05, 0.1) is 6.42 Å². The molecule has 0 bridgehead atoms. The zero-order valence-electron chi connectivity index (χ0n) is 15.0. The van der Waals surface area contributed by atoms with Crippen molar-refractivity contribution >= 4 is 23.4 Å². The van der Waals surface area contributed by atoms with Crippen LogP contribution < -0.4 is 5.32 Å². The first-order valence-corrected chi connectivity index (χ1v) is 9.67. The van der Waals surface area contributed by atoms with Crippen LogP contribution in [0.25, 0.3) is 0 Å². The lowest BCUT2D eigenvalue weighted by molar-refractivity contribution is -0.132. The number of carbonyl (C=O) groups excluding carboxylic acids is 2. The number of hydrogen-bond donors (Lipinski definition) is 1. The average molecular weight is 384 g/mol. The maximum Gasteiger partial charge on any atom is 0.251 e. The molecule has 2 fully saturated rings. The largest absolute Gasteiger partial charge is 0.349 e. The number of rotatable bonds is 4. The summed E-state index contributed by atoms with van der Waals surface area (Å²) < 4.78 is 0. The van der Waals surface area contributed by atoms with Crippen molar-refractivity contribution in [2.75, 3.05) is 13.1 Å². The molecule has 1 spiro atoms. The van der Waals surface area contributed by atoms with Gasteiger partial charge in [0, 0.05) is 42.1 Å². The number of aromatic nitrogens is 1. The van der Waals surface area contributed by atoms with E-state index in [-0.39, 0.29) is 23.3 Å². The van der Waals surface area contributed by atoms with Crippen molar-refractivity contribution in [1.82, 2.24) is 15.2 Å². The van der Waals surface area contributed by atoms with Crippen molar-refractivity contribution in [2.24, 2.45) is 5.41 Å². The number of nitrogens with zero attached hydrogens (tertiary/aromatic N) is 2. The fourth-order valence-electron chi connectivity index (χ4n) is 3.94. The SMILES string of the molecule is O=C(NC1CC12CCN(C(=O)Cc1ccc(Cl)cc1)CC2)c1ccncc1. The highest BCUT2D eigenvalue weighted by Gasteiger charge is 2.55. The number of amides is 2. The minimum absolute atomic E-state index is 0.0412. The van der Waals surface area contributed by atoms with Crippen molar-refractivity contribution in [3.8, 4) is 0 Å². The maximum absolute atomic E-state index is 12.5. The number of benzene rings is 1. The van der Waals surface area contributed by atoms with Crippen molar-refractivity contribution in [1.29, 1.82) is 0 Å². The number of nitrogens with one attached hydrogen (secondary N) is 1. The second kappa shape index (κ2) is 7.31. The van der Waals surface area contributed by atoms with Gasteiger partial charge >= 0.3 is 0 Å². The summed E-state index contributed by atoms with van der Waals surface area (Å²) in [5.74, 6) is 0.116. The molecule has 1 aliphatic heterocycles. The molecular formula is C21H22ClN3O2. The summed E-state index contributed by atoms with van der Waals surface area (Å²) in [7, 11) is 0. The predicted molar refractivity (Wildman–Crippen MR) is 104 cm³/mol. The molecule has 1 saturated carbocycles. The number of carbonyl (C=O) groups is 2. The molecule has 27 heavy (non-hydrogen) atoms. The number of hydrogen-bond acceptors (Lipinski definition) is 3. The molecule has 1 unspecified atom stereocenters. The number of halogens is 1. The highest BCUT2D eigenvalue weighted by atomic mass is 35.5. The van der Waals surface area contributed by atoms with Crippen LogP contribution in [0, 0.1) is 5.41 Å². The van der Waals surface area contributed by atoms with Crippen molar-refractivity contribution in [3.63, 3.8) is 0 Å². The highest BCUT2D eigenvalue weighted by Crippen LogP contribution is 2.54. The van der Waals surface area contributed by atoms with Crippen LogP contribution in [0.4, 0.5) is 0 Å². The fraction of sp³-hybridized carbons (Fsp3) is 0.381. The van der Waals surface area contributed by atoms with Gasteiger partial charge in [0.15, 0.2) is 0 Å². The minimum Gasteiger partial charge on any atom is -0.349 e. The molecule has 1 atom stereocenters. The van der Waals surface area contributed by atoms with E-state index in [1.165, 1.54) is 0 Å². The van der Waals surface area contributed by atoms with E-state index in [0.29, 0.717) is 17.0 Å². The Bertz CT molecular complexity index is 830. The van der Waals surface area contributed by atoms with Gasteiger partial charge in [-0.3, -0.25) is 14.6 Å². The molecule has 1 aromatic carbocycles. The molecule has 1 N–H and O–H groups in total. The van der Waals surface area contributed by atoms with E-state index in [9.17, 15) is 9.59 Å². The summed E-state index contributed by atoms with van der Waals surface area (Å²) in [4.78, 5) is 30.7. The van der Waals surface area contributed by atoms with Crippen LogP contribution in [0.3, 0.4) is 0 Å². The molecule has 5 nitrogen and oxygen atoms in total. The van der Waals surface area contributed by atoms with Crippen LogP contribution in [0.1, 0.15) is 35.2 Å². The quantitative estimate of drug-likeness (QED) is 0.882. The zero-order chi connectivity index (χ0) is 18.9. The average Bonchev–Trinajstić information content (AvgIpc) is 3.35. The van der Waals surface area contributed by atoms with E-state index in [0.717, 1.165) is 37.9 Å². The second-order valence-electron chi connectivity index (χ2n) is 7.51. The number of likely N-dealkylation sites (tertiary alicyclic amines) is 1. The third kappa shape index (κ3) is 3.98. The smallest absolute Gasteiger partial charge is 0.251 e. The normalized spacial score (nSPS) is 20.3. The molecule has 2 aliphatic rings. The van der Waals surface area contributed by atoms with Crippen molar-refractivity contribution in [3.05, 3.63) is 64.9 Å². The number of pyridine rings is 1. The van der Waals surface area contributed by atoms with Crippen molar-refractivity contribution in [2.45, 2.75) is 31.7 Å². The zero-order valence-corrected chi connectivity index (χ0v) is 15.8. The standard InChI is InChI=1S/C21H22ClN3O2/c22-17-3-1-15(2-4-17)13-19(26)25-11-7-21(8-12-25)14-18(21)24-20(27)16-5-9-23-10-6-16/h1-6,9-10,18H,7-8,11-14H2,(H,24,27). The first-order chi connectivity index (χ1) is 13.1. The second-order valence-corrected chi connectivity index (χ2v) is 7.95. The molecule has 1 aromatic heterocycles. The summed E-state index contributed by atoms with van der Waals surface area (Å²) in [6.07, 6.45) is 6.56. The third-order valence-electron chi connectivity index (χ3n) is 5.82. The molecule has 2 heterocycles. The Morgan fingerprint density at radius 3 is 2.44 bits per heavy atom. The molecule has 140 valence electrons. The van der Waals surface area contributed by atoms with E-state index in [2.05, 4.69) is 10.3 Å². The van der Waals surface area contributed by atoms with Crippen LogP contribution in [0.2, 0.25) is 5.02 Å². The summed E-state index contributed by atoms with van der Waals surface area (Å²) in [6, 6.07) is 11.1. The minimum atomic E-state index is -0.0412. The summed E-state index contributed by atoms with van der Waals surface area (Å²) in [6.45, 7) is 1.52.